The molecule has 2 aromatic carbocycles. The second-order valence-electron chi connectivity index (χ2n) is 12.5. The van der Waals surface area contributed by atoms with Crippen LogP contribution < -0.4 is 14.8 Å². The molecule has 0 radical (unpaired) electrons. The van der Waals surface area contributed by atoms with Crippen LogP contribution in [-0.4, -0.2) is 82.1 Å². The van der Waals surface area contributed by atoms with Gasteiger partial charge in [0.15, 0.2) is 0 Å². The molecule has 3 saturated heterocycles. The lowest BCUT2D eigenvalue weighted by molar-refractivity contribution is -0.274. The Balaban J connectivity index is 0.978. The van der Waals surface area contributed by atoms with Crippen LogP contribution in [0, 0.1) is 0 Å². The van der Waals surface area contributed by atoms with E-state index in [-0.39, 0.29) is 42.6 Å². The van der Waals surface area contributed by atoms with Gasteiger partial charge < -0.3 is 19.1 Å². The summed E-state index contributed by atoms with van der Waals surface area (Å²) in [7, 11) is 0. The maximum Gasteiger partial charge on any atom is 0.573 e. The minimum atomic E-state index is -4.80. The monoisotopic (exact) mass is 653 g/mol. The molecule has 248 valence electrons. The van der Waals surface area contributed by atoms with E-state index in [1.165, 1.54) is 17.0 Å². The van der Waals surface area contributed by atoms with Crippen molar-refractivity contribution in [2.75, 3.05) is 26.3 Å². The molecule has 14 heteroatoms. The van der Waals surface area contributed by atoms with E-state index in [0.717, 1.165) is 42.5 Å². The van der Waals surface area contributed by atoms with Crippen molar-refractivity contribution in [3.8, 4) is 17.2 Å². The smallest absolute Gasteiger partial charge is 0.489 e. The van der Waals surface area contributed by atoms with Crippen molar-refractivity contribution in [2.24, 2.45) is 0 Å². The molecule has 0 aliphatic carbocycles. The molecule has 47 heavy (non-hydrogen) atoms. The van der Waals surface area contributed by atoms with Crippen molar-refractivity contribution in [3.63, 3.8) is 0 Å². The number of piperidine rings is 1. The van der Waals surface area contributed by atoms with Crippen molar-refractivity contribution < 1.29 is 41.8 Å². The van der Waals surface area contributed by atoms with Gasteiger partial charge in [-0.25, -0.2) is 4.68 Å². The highest BCUT2D eigenvalue weighted by Crippen LogP contribution is 2.34. The minimum Gasteiger partial charge on any atom is -0.489 e. The molecule has 3 amide bonds. The summed E-state index contributed by atoms with van der Waals surface area (Å²) in [5.41, 5.74) is 3.48. The van der Waals surface area contributed by atoms with Gasteiger partial charge in [0.2, 0.25) is 11.8 Å². The van der Waals surface area contributed by atoms with Gasteiger partial charge >= 0.3 is 6.36 Å². The van der Waals surface area contributed by atoms with Crippen molar-refractivity contribution >= 4 is 17.7 Å². The van der Waals surface area contributed by atoms with Crippen LogP contribution in [0.25, 0.3) is 5.69 Å². The molecule has 11 nitrogen and oxygen atoms in total. The van der Waals surface area contributed by atoms with Crippen molar-refractivity contribution in [3.05, 3.63) is 71.0 Å². The highest BCUT2D eigenvalue weighted by Gasteiger charge is 2.39. The summed E-state index contributed by atoms with van der Waals surface area (Å²) < 4.78 is 56.9. The first-order chi connectivity index (χ1) is 22.6. The average Bonchev–Trinajstić information content (AvgIpc) is 3.76. The number of alkyl halides is 3. The zero-order valence-electron chi connectivity index (χ0n) is 25.5. The second kappa shape index (κ2) is 12.6. The number of benzene rings is 2. The number of likely N-dealkylation sites (tertiary alicyclic amines) is 1. The Labute approximate surface area is 268 Å². The molecule has 2 atom stereocenters. The van der Waals surface area contributed by atoms with E-state index in [1.54, 1.807) is 23.0 Å². The van der Waals surface area contributed by atoms with E-state index in [2.05, 4.69) is 20.1 Å². The molecule has 0 bridgehead atoms. The average molecular weight is 654 g/mol. The summed E-state index contributed by atoms with van der Waals surface area (Å²) >= 11 is 0. The largest absolute Gasteiger partial charge is 0.573 e. The zero-order valence-corrected chi connectivity index (χ0v) is 25.5. The number of aromatic nitrogens is 2. The van der Waals surface area contributed by atoms with Crippen molar-refractivity contribution in [2.45, 2.75) is 69.6 Å². The molecule has 5 heterocycles. The van der Waals surface area contributed by atoms with Gasteiger partial charge in [-0.1, -0.05) is 0 Å². The summed E-state index contributed by atoms with van der Waals surface area (Å²) in [4.78, 5) is 40.6. The Kier molecular flexibility index (Phi) is 8.39. The lowest BCUT2D eigenvalue weighted by atomic mass is 9.91. The molecule has 3 aromatic rings. The Morgan fingerprint density at radius 1 is 1.00 bits per heavy atom. The number of imide groups is 1. The molecule has 7 rings (SSSR count). The van der Waals surface area contributed by atoms with Gasteiger partial charge in [0.1, 0.15) is 23.6 Å². The number of halogens is 3. The van der Waals surface area contributed by atoms with Gasteiger partial charge in [-0.3, -0.25) is 24.6 Å². The van der Waals surface area contributed by atoms with E-state index in [1.807, 2.05) is 18.3 Å². The lowest BCUT2D eigenvalue weighted by Crippen LogP contribution is -2.52. The van der Waals surface area contributed by atoms with Gasteiger partial charge in [0.25, 0.3) is 5.91 Å². The number of rotatable bonds is 8. The van der Waals surface area contributed by atoms with E-state index < -0.39 is 18.3 Å². The first kappa shape index (κ1) is 31.2. The Hall–Kier alpha value is -4.43. The Morgan fingerprint density at radius 3 is 2.62 bits per heavy atom. The van der Waals surface area contributed by atoms with Crippen molar-refractivity contribution in [1.82, 2.24) is 24.9 Å². The fraction of sp³-hybridized carbons (Fsp3) is 0.455. The summed E-state index contributed by atoms with van der Waals surface area (Å²) in [6.07, 6.45) is 1.40. The highest BCUT2D eigenvalue weighted by atomic mass is 19.4. The fourth-order valence-corrected chi connectivity index (χ4v) is 6.89. The van der Waals surface area contributed by atoms with E-state index in [4.69, 9.17) is 9.47 Å². The Morgan fingerprint density at radius 2 is 1.83 bits per heavy atom. The predicted molar refractivity (Wildman–Crippen MR) is 160 cm³/mol. The van der Waals surface area contributed by atoms with Gasteiger partial charge in [-0.15, -0.1) is 13.2 Å². The van der Waals surface area contributed by atoms with Gasteiger partial charge in [-0.2, -0.15) is 5.10 Å². The quantitative estimate of drug-likeness (QED) is 0.362. The summed E-state index contributed by atoms with van der Waals surface area (Å²) in [5.74, 6) is -0.552. The normalized spacial score (nSPS) is 22.4. The van der Waals surface area contributed by atoms with Crippen LogP contribution in [0.5, 0.6) is 11.5 Å². The van der Waals surface area contributed by atoms with Crippen LogP contribution >= 0.6 is 0 Å². The second-order valence-corrected chi connectivity index (χ2v) is 12.5. The third-order valence-corrected chi connectivity index (χ3v) is 9.17. The topological polar surface area (TPSA) is 115 Å². The molecular formula is C33H34F3N5O6. The number of ether oxygens (including phenoxy) is 3. The van der Waals surface area contributed by atoms with Gasteiger partial charge in [-0.05, 0) is 73.1 Å². The summed E-state index contributed by atoms with van der Waals surface area (Å²) in [6.45, 7) is 3.43. The molecule has 1 N–H and O–H groups in total. The lowest BCUT2D eigenvalue weighted by Gasteiger charge is -2.29. The molecule has 0 spiro atoms. The van der Waals surface area contributed by atoms with E-state index in [0.29, 0.717) is 49.7 Å². The standard InChI is InChI=1S/C33H34F3N5O6/c34-33(35,36)47-27-12-22(21-6-9-45-10-7-21)11-24(14-27)41-17-20(15-37-41)16-39-8-5-26(19-39)46-25-1-2-28-23(13-25)18-40(32(28)44)29-3-4-30(42)38-31(29)43/h1-2,11-15,17,21,26,29H,3-10,16,18-19H2,(H,38,42,43)/t26-,29?/m0/s1. The molecule has 4 aliphatic heterocycles. The number of carbonyl (C=O) groups is 3. The Bertz CT molecular complexity index is 1690. The zero-order chi connectivity index (χ0) is 32.7. The summed E-state index contributed by atoms with van der Waals surface area (Å²) in [5, 5.41) is 6.77. The first-order valence-corrected chi connectivity index (χ1v) is 15.8. The number of nitrogens with one attached hydrogen (secondary N) is 1. The van der Waals surface area contributed by atoms with Crippen molar-refractivity contribution in [1.29, 1.82) is 0 Å². The molecule has 3 fully saturated rings. The van der Waals surface area contributed by atoms with Crippen LogP contribution in [0.4, 0.5) is 13.2 Å². The third-order valence-electron chi connectivity index (χ3n) is 9.17. The number of hydrogen-bond donors (Lipinski definition) is 1. The summed E-state index contributed by atoms with van der Waals surface area (Å²) in [6, 6.07) is 9.33. The molecular weight excluding hydrogens is 619 g/mol. The number of nitrogens with zero attached hydrogens (tertiary/aromatic N) is 4. The van der Waals surface area contributed by atoms with Crippen LogP contribution in [0.3, 0.4) is 0 Å². The minimum absolute atomic E-state index is 0.0753. The SMILES string of the molecule is O=C1CCC(N2Cc3cc(O[C@H]4CCN(Cc5cnn(-c6cc(OC(F)(F)F)cc(C7CCOCC7)c6)c5)C4)ccc3C2=O)C(=O)N1. The first-order valence-electron chi connectivity index (χ1n) is 15.8. The molecule has 0 saturated carbocycles. The number of amides is 3. The molecule has 4 aliphatic rings. The van der Waals surface area contributed by atoms with E-state index in [9.17, 15) is 27.6 Å². The van der Waals surface area contributed by atoms with Crippen LogP contribution in [0.15, 0.2) is 48.8 Å². The van der Waals surface area contributed by atoms with Crippen LogP contribution in [-0.2, 0) is 27.4 Å². The number of carbonyl (C=O) groups excluding carboxylic acids is 3. The molecule has 1 aromatic heterocycles. The van der Waals surface area contributed by atoms with Crippen LogP contribution in [0.2, 0.25) is 0 Å². The van der Waals surface area contributed by atoms with E-state index >= 15 is 0 Å². The number of hydrogen-bond acceptors (Lipinski definition) is 8. The third kappa shape index (κ3) is 6.98. The maximum atomic E-state index is 13.1. The predicted octanol–water partition coefficient (Wildman–Crippen LogP) is 4.08. The molecule has 1 unspecified atom stereocenters. The van der Waals surface area contributed by atoms with Crippen LogP contribution in [0.1, 0.15) is 65.1 Å². The number of fused-ring (bicyclic) bond motifs is 1. The highest BCUT2D eigenvalue weighted by molar-refractivity contribution is 6.05. The van der Waals surface area contributed by atoms with Gasteiger partial charge in [0.05, 0.1) is 11.9 Å². The maximum absolute atomic E-state index is 13.1. The van der Waals surface area contributed by atoms with Gasteiger partial charge in [0, 0.05) is 69.2 Å². The fourth-order valence-electron chi connectivity index (χ4n) is 6.89.